The van der Waals surface area contributed by atoms with Crippen LogP contribution in [0.4, 0.5) is 4.39 Å². The van der Waals surface area contributed by atoms with Crippen LogP contribution in [0.1, 0.15) is 30.9 Å². The number of nitrogens with zero attached hydrogens (tertiary/aromatic N) is 1. The van der Waals surface area contributed by atoms with E-state index in [2.05, 4.69) is 24.3 Å². The van der Waals surface area contributed by atoms with Crippen LogP contribution in [0.25, 0.3) is 0 Å². The molecular weight excluding hydrogens is 243 g/mol. The van der Waals surface area contributed by atoms with Gasteiger partial charge in [0.2, 0.25) is 0 Å². The van der Waals surface area contributed by atoms with Gasteiger partial charge in [-0.1, -0.05) is 12.1 Å². The van der Waals surface area contributed by atoms with Crippen molar-refractivity contribution in [2.75, 3.05) is 27.2 Å². The molecule has 0 heterocycles. The number of rotatable bonds is 6. The maximum Gasteiger partial charge on any atom is 0.123 e. The lowest BCUT2D eigenvalue weighted by atomic mass is 9.75. The van der Waals surface area contributed by atoms with Crippen molar-refractivity contribution in [2.24, 2.45) is 0 Å². The van der Waals surface area contributed by atoms with Crippen LogP contribution in [0, 0.1) is 5.82 Å². The van der Waals surface area contributed by atoms with Gasteiger partial charge in [0, 0.05) is 18.6 Å². The number of hydrogen-bond donors (Lipinski definition) is 2. The van der Waals surface area contributed by atoms with Crippen LogP contribution in [0.3, 0.4) is 0 Å². The highest BCUT2D eigenvalue weighted by Crippen LogP contribution is 2.35. The third kappa shape index (κ3) is 3.32. The van der Waals surface area contributed by atoms with E-state index in [1.165, 1.54) is 31.4 Å². The maximum atomic E-state index is 12.8. The summed E-state index contributed by atoms with van der Waals surface area (Å²) in [6, 6.07) is 6.02. The van der Waals surface area contributed by atoms with Gasteiger partial charge >= 0.3 is 0 Å². The van der Waals surface area contributed by atoms with Crippen molar-refractivity contribution in [2.45, 2.75) is 30.9 Å². The Balaban J connectivity index is 1.80. The molecule has 2 N–H and O–H groups in total. The third-order valence-corrected chi connectivity index (χ3v) is 4.28. The standard InChI is InChI=1S/C15H23FN2O/c1-18(2)15(8-3-9-15)11-17-10-14(19)12-4-6-13(16)7-5-12/h4-7,14,17,19H,3,8-11H2,1-2H3. The lowest BCUT2D eigenvalue weighted by Gasteiger charge is -2.47. The van der Waals surface area contributed by atoms with Crippen molar-refractivity contribution >= 4 is 0 Å². The molecule has 106 valence electrons. The maximum absolute atomic E-state index is 12.8. The van der Waals surface area contributed by atoms with Gasteiger partial charge in [-0.15, -0.1) is 0 Å². The number of benzene rings is 1. The Hall–Kier alpha value is -0.970. The highest BCUT2D eigenvalue weighted by atomic mass is 19.1. The molecular formula is C15H23FN2O. The summed E-state index contributed by atoms with van der Waals surface area (Å²) in [4.78, 5) is 2.27. The zero-order valence-electron chi connectivity index (χ0n) is 11.7. The zero-order chi connectivity index (χ0) is 13.9. The van der Waals surface area contributed by atoms with Gasteiger partial charge in [-0.3, -0.25) is 0 Å². The van der Waals surface area contributed by atoms with E-state index < -0.39 is 6.10 Å². The molecule has 0 bridgehead atoms. The van der Waals surface area contributed by atoms with Crippen LogP contribution in [0.15, 0.2) is 24.3 Å². The molecule has 1 atom stereocenters. The molecule has 3 nitrogen and oxygen atoms in total. The third-order valence-electron chi connectivity index (χ3n) is 4.28. The van der Waals surface area contributed by atoms with Crippen molar-refractivity contribution in [1.82, 2.24) is 10.2 Å². The molecule has 1 saturated carbocycles. The highest BCUT2D eigenvalue weighted by molar-refractivity contribution is 5.18. The van der Waals surface area contributed by atoms with Gasteiger partial charge < -0.3 is 15.3 Å². The number of hydrogen-bond acceptors (Lipinski definition) is 3. The van der Waals surface area contributed by atoms with Crippen molar-refractivity contribution in [3.05, 3.63) is 35.6 Å². The first-order valence-electron chi connectivity index (χ1n) is 6.85. The molecule has 1 unspecified atom stereocenters. The molecule has 4 heteroatoms. The number of aliphatic hydroxyl groups is 1. The smallest absolute Gasteiger partial charge is 0.123 e. The largest absolute Gasteiger partial charge is 0.387 e. The van der Waals surface area contributed by atoms with Crippen molar-refractivity contribution in [3.8, 4) is 0 Å². The van der Waals surface area contributed by atoms with Crippen LogP contribution >= 0.6 is 0 Å². The Bertz CT molecular complexity index is 401. The molecule has 2 rings (SSSR count). The van der Waals surface area contributed by atoms with Gasteiger partial charge in [-0.25, -0.2) is 4.39 Å². The fourth-order valence-corrected chi connectivity index (χ4v) is 2.61. The normalized spacial score (nSPS) is 19.2. The zero-order valence-corrected chi connectivity index (χ0v) is 11.7. The Kier molecular flexibility index (Phi) is 4.55. The summed E-state index contributed by atoms with van der Waals surface area (Å²) in [6.07, 6.45) is 3.11. The number of halogens is 1. The fraction of sp³-hybridized carbons (Fsp3) is 0.600. The predicted molar refractivity (Wildman–Crippen MR) is 74.5 cm³/mol. The minimum atomic E-state index is -0.583. The molecule has 0 saturated heterocycles. The van der Waals surface area contributed by atoms with E-state index in [4.69, 9.17) is 0 Å². The minimum absolute atomic E-state index is 0.252. The Morgan fingerprint density at radius 3 is 2.42 bits per heavy atom. The molecule has 1 aromatic rings. The van der Waals surface area contributed by atoms with Crippen LogP contribution in [-0.2, 0) is 0 Å². The molecule has 1 fully saturated rings. The molecule has 0 amide bonds. The molecule has 1 aromatic carbocycles. The highest BCUT2D eigenvalue weighted by Gasteiger charge is 2.38. The van der Waals surface area contributed by atoms with E-state index in [1.807, 2.05) is 0 Å². The molecule has 0 radical (unpaired) electrons. The van der Waals surface area contributed by atoms with E-state index in [-0.39, 0.29) is 11.4 Å². The number of nitrogens with one attached hydrogen (secondary N) is 1. The average Bonchev–Trinajstić information content (AvgIpc) is 2.32. The van der Waals surface area contributed by atoms with E-state index in [0.717, 1.165) is 12.1 Å². The summed E-state index contributed by atoms with van der Waals surface area (Å²) in [5, 5.41) is 13.4. The van der Waals surface area contributed by atoms with Crippen LogP contribution in [-0.4, -0.2) is 42.7 Å². The van der Waals surface area contributed by atoms with Crippen LogP contribution in [0.5, 0.6) is 0 Å². The average molecular weight is 266 g/mol. The van der Waals surface area contributed by atoms with Gasteiger partial charge in [-0.05, 0) is 51.1 Å². The monoisotopic (exact) mass is 266 g/mol. The Morgan fingerprint density at radius 1 is 1.32 bits per heavy atom. The van der Waals surface area contributed by atoms with Crippen LogP contribution in [0.2, 0.25) is 0 Å². The van der Waals surface area contributed by atoms with Crippen LogP contribution < -0.4 is 5.32 Å². The fourth-order valence-electron chi connectivity index (χ4n) is 2.61. The number of aliphatic hydroxyl groups excluding tert-OH is 1. The summed E-state index contributed by atoms with van der Waals surface area (Å²) in [5.74, 6) is -0.273. The van der Waals surface area contributed by atoms with Crippen molar-refractivity contribution in [1.29, 1.82) is 0 Å². The quantitative estimate of drug-likeness (QED) is 0.826. The summed E-state index contributed by atoms with van der Waals surface area (Å²) >= 11 is 0. The van der Waals surface area contributed by atoms with E-state index in [1.54, 1.807) is 12.1 Å². The summed E-state index contributed by atoms with van der Waals surface area (Å²) in [6.45, 7) is 1.39. The first kappa shape index (κ1) is 14.4. The van der Waals surface area contributed by atoms with E-state index in [0.29, 0.717) is 6.54 Å². The second-order valence-corrected chi connectivity index (χ2v) is 5.67. The van der Waals surface area contributed by atoms with Gasteiger partial charge in [0.15, 0.2) is 0 Å². The molecule has 0 aliphatic heterocycles. The Labute approximate surface area is 114 Å². The number of likely N-dealkylation sites (N-methyl/N-ethyl adjacent to an activating group) is 1. The first-order valence-corrected chi connectivity index (χ1v) is 6.85. The van der Waals surface area contributed by atoms with Gasteiger partial charge in [0.05, 0.1) is 6.10 Å². The topological polar surface area (TPSA) is 35.5 Å². The first-order chi connectivity index (χ1) is 9.03. The van der Waals surface area contributed by atoms with Gasteiger partial charge in [-0.2, -0.15) is 0 Å². The minimum Gasteiger partial charge on any atom is -0.387 e. The summed E-state index contributed by atoms with van der Waals surface area (Å²) < 4.78 is 12.8. The van der Waals surface area contributed by atoms with Crippen molar-refractivity contribution < 1.29 is 9.50 Å². The summed E-state index contributed by atoms with van der Waals surface area (Å²) in [5.41, 5.74) is 1.00. The molecule has 19 heavy (non-hydrogen) atoms. The second kappa shape index (κ2) is 5.99. The molecule has 1 aliphatic carbocycles. The molecule has 0 aromatic heterocycles. The lowest BCUT2D eigenvalue weighted by molar-refractivity contribution is 0.0555. The lowest BCUT2D eigenvalue weighted by Crippen LogP contribution is -2.56. The SMILES string of the molecule is CN(C)C1(CNCC(O)c2ccc(F)cc2)CCC1. The summed E-state index contributed by atoms with van der Waals surface area (Å²) in [7, 11) is 4.22. The predicted octanol–water partition coefficient (Wildman–Crippen LogP) is 1.93. The molecule has 0 spiro atoms. The van der Waals surface area contributed by atoms with E-state index in [9.17, 15) is 9.50 Å². The van der Waals surface area contributed by atoms with E-state index >= 15 is 0 Å². The van der Waals surface area contributed by atoms with Gasteiger partial charge in [0.1, 0.15) is 5.82 Å². The van der Waals surface area contributed by atoms with Gasteiger partial charge in [0.25, 0.3) is 0 Å². The Morgan fingerprint density at radius 2 is 1.95 bits per heavy atom. The second-order valence-electron chi connectivity index (χ2n) is 5.67. The molecule has 1 aliphatic rings. The van der Waals surface area contributed by atoms with Crippen molar-refractivity contribution in [3.63, 3.8) is 0 Å².